The van der Waals surface area contributed by atoms with E-state index in [9.17, 15) is 9.59 Å². The number of carbonyl (C=O) groups is 2. The summed E-state index contributed by atoms with van der Waals surface area (Å²) in [5.74, 6) is -0.0494. The predicted molar refractivity (Wildman–Crippen MR) is 124 cm³/mol. The molecule has 4 nitrogen and oxygen atoms in total. The van der Waals surface area contributed by atoms with Crippen LogP contribution in [0.2, 0.25) is 0 Å². The molecular weight excluding hydrogens is 440 g/mol. The third-order valence-corrected chi connectivity index (χ3v) is 6.85. The van der Waals surface area contributed by atoms with Crippen molar-refractivity contribution in [3.63, 3.8) is 0 Å². The highest BCUT2D eigenvalue weighted by atomic mass is 79.9. The van der Waals surface area contributed by atoms with Crippen LogP contribution in [0.1, 0.15) is 37.8 Å². The number of rotatable bonds is 6. The van der Waals surface area contributed by atoms with Gasteiger partial charge in [-0.15, -0.1) is 0 Å². The third-order valence-electron chi connectivity index (χ3n) is 6.16. The van der Waals surface area contributed by atoms with Crippen LogP contribution >= 0.6 is 15.9 Å². The van der Waals surface area contributed by atoms with Gasteiger partial charge in [0.2, 0.25) is 11.8 Å². The van der Waals surface area contributed by atoms with Gasteiger partial charge in [0.1, 0.15) is 0 Å². The van der Waals surface area contributed by atoms with Crippen LogP contribution in [0.15, 0.2) is 71.7 Å². The number of hydrogen-bond donors (Lipinski definition) is 1. The van der Waals surface area contributed by atoms with Gasteiger partial charge in [-0.3, -0.25) is 9.59 Å². The molecule has 30 heavy (non-hydrogen) atoms. The fourth-order valence-corrected chi connectivity index (χ4v) is 5.04. The molecule has 0 unspecified atom stereocenters. The lowest BCUT2D eigenvalue weighted by Crippen LogP contribution is -2.54. The van der Waals surface area contributed by atoms with Gasteiger partial charge < -0.3 is 10.2 Å². The van der Waals surface area contributed by atoms with E-state index in [0.29, 0.717) is 32.5 Å². The summed E-state index contributed by atoms with van der Waals surface area (Å²) in [6.45, 7) is 9.46. The topological polar surface area (TPSA) is 49.4 Å². The van der Waals surface area contributed by atoms with E-state index in [0.717, 1.165) is 15.6 Å². The van der Waals surface area contributed by atoms with Crippen LogP contribution < -0.4 is 5.32 Å². The third kappa shape index (κ3) is 4.51. The Hall–Kier alpha value is -2.40. The Morgan fingerprint density at radius 3 is 2.30 bits per heavy atom. The Kier molecular flexibility index (Phi) is 6.81. The first-order chi connectivity index (χ1) is 14.3. The zero-order chi connectivity index (χ0) is 21.8. The molecule has 1 aliphatic heterocycles. The van der Waals surface area contributed by atoms with Crippen molar-refractivity contribution in [2.45, 2.75) is 37.5 Å². The lowest BCUT2D eigenvalue weighted by molar-refractivity contribution is -0.134. The fraction of sp³-hybridized carbons (Fsp3) is 0.360. The molecule has 1 aliphatic rings. The average Bonchev–Trinajstić information content (AvgIpc) is 2.77. The highest BCUT2D eigenvalue weighted by Crippen LogP contribution is 2.37. The van der Waals surface area contributed by atoms with Gasteiger partial charge in [0, 0.05) is 29.5 Å². The van der Waals surface area contributed by atoms with Crippen molar-refractivity contribution < 1.29 is 9.59 Å². The molecular formula is C25H29BrN2O2. The van der Waals surface area contributed by atoms with Gasteiger partial charge in [0.05, 0.1) is 5.41 Å². The molecule has 2 aromatic rings. The van der Waals surface area contributed by atoms with Crippen LogP contribution in [-0.4, -0.2) is 36.3 Å². The van der Waals surface area contributed by atoms with Gasteiger partial charge in [0.25, 0.3) is 0 Å². The second-order valence-corrected chi connectivity index (χ2v) is 9.38. The zero-order valence-electron chi connectivity index (χ0n) is 17.7. The lowest BCUT2D eigenvalue weighted by atomic mass is 9.71. The average molecular weight is 469 g/mol. The summed E-state index contributed by atoms with van der Waals surface area (Å²) in [6.07, 6.45) is 2.53. The van der Waals surface area contributed by atoms with Gasteiger partial charge in [-0.25, -0.2) is 0 Å². The number of nitrogens with one attached hydrogen (secondary N) is 1. The highest BCUT2D eigenvalue weighted by Gasteiger charge is 2.43. The molecule has 0 spiro atoms. The summed E-state index contributed by atoms with van der Waals surface area (Å²) < 4.78 is 1.04. The van der Waals surface area contributed by atoms with E-state index in [1.807, 2.05) is 48.5 Å². The van der Waals surface area contributed by atoms with Gasteiger partial charge in [-0.1, -0.05) is 84.9 Å². The van der Waals surface area contributed by atoms with Crippen molar-refractivity contribution in [1.82, 2.24) is 10.2 Å². The largest absolute Gasteiger partial charge is 0.354 e. The highest BCUT2D eigenvalue weighted by molar-refractivity contribution is 9.10. The van der Waals surface area contributed by atoms with Crippen molar-refractivity contribution in [1.29, 1.82) is 0 Å². The molecule has 0 aliphatic carbocycles. The molecule has 2 aromatic carbocycles. The fourth-order valence-electron chi connectivity index (χ4n) is 4.22. The molecule has 0 aromatic heterocycles. The minimum Gasteiger partial charge on any atom is -0.354 e. The Balaban J connectivity index is 1.81. The summed E-state index contributed by atoms with van der Waals surface area (Å²) in [7, 11) is 0. The molecule has 158 valence electrons. The maximum atomic E-state index is 13.6. The number of hydrogen-bond acceptors (Lipinski definition) is 2. The van der Waals surface area contributed by atoms with Crippen LogP contribution in [0, 0.1) is 0 Å². The molecule has 0 radical (unpaired) electrons. The zero-order valence-corrected chi connectivity index (χ0v) is 19.2. The van der Waals surface area contributed by atoms with Gasteiger partial charge in [-0.05, 0) is 36.1 Å². The molecule has 0 atom stereocenters. The van der Waals surface area contributed by atoms with Crippen molar-refractivity contribution in [3.05, 3.63) is 82.9 Å². The van der Waals surface area contributed by atoms with E-state index >= 15 is 0 Å². The van der Waals surface area contributed by atoms with E-state index in [1.165, 1.54) is 6.08 Å². The molecule has 1 fully saturated rings. The minimum atomic E-state index is -0.636. The number of piperidine rings is 1. The second-order valence-electron chi connectivity index (χ2n) is 8.52. The van der Waals surface area contributed by atoms with Gasteiger partial charge >= 0.3 is 0 Å². The van der Waals surface area contributed by atoms with Crippen LogP contribution in [0.3, 0.4) is 0 Å². The van der Waals surface area contributed by atoms with Crippen LogP contribution in [0.4, 0.5) is 0 Å². The van der Waals surface area contributed by atoms with Crippen molar-refractivity contribution in [2.24, 2.45) is 0 Å². The summed E-state index contributed by atoms with van der Waals surface area (Å²) in [5, 5.41) is 3.23. The van der Waals surface area contributed by atoms with Crippen molar-refractivity contribution >= 4 is 27.7 Å². The first-order valence-electron chi connectivity index (χ1n) is 10.3. The number of carbonyl (C=O) groups excluding carboxylic acids is 2. The van der Waals surface area contributed by atoms with Gasteiger partial charge in [-0.2, -0.15) is 0 Å². The van der Waals surface area contributed by atoms with E-state index in [1.54, 1.807) is 4.90 Å². The molecule has 1 heterocycles. The summed E-state index contributed by atoms with van der Waals surface area (Å²) in [4.78, 5) is 27.4. The Bertz CT molecular complexity index is 916. The standard InChI is InChI=1S/C25H29BrN2O2/c1-4-22(29)28-16-14-25(15-17-28,19-10-6-5-7-11-19)23(30)27-18-24(2,3)20-12-8-9-13-21(20)26/h4-13H,1,14-18H2,2-3H3,(H,27,30). The van der Waals surface area contributed by atoms with E-state index < -0.39 is 5.41 Å². The summed E-state index contributed by atoms with van der Waals surface area (Å²) in [5.41, 5.74) is 1.30. The quantitative estimate of drug-likeness (QED) is 0.630. The van der Waals surface area contributed by atoms with Gasteiger partial charge in [0.15, 0.2) is 0 Å². The van der Waals surface area contributed by atoms with E-state index in [-0.39, 0.29) is 17.2 Å². The van der Waals surface area contributed by atoms with Crippen LogP contribution in [0.5, 0.6) is 0 Å². The molecule has 0 bridgehead atoms. The van der Waals surface area contributed by atoms with Crippen molar-refractivity contribution in [3.8, 4) is 0 Å². The number of benzene rings is 2. The normalized spacial score (nSPS) is 16.0. The molecule has 3 rings (SSSR count). The van der Waals surface area contributed by atoms with E-state index in [4.69, 9.17) is 0 Å². The first kappa shape index (κ1) is 22.3. The van der Waals surface area contributed by atoms with Crippen LogP contribution in [-0.2, 0) is 20.4 Å². The number of amides is 2. The SMILES string of the molecule is C=CC(=O)N1CCC(C(=O)NCC(C)(C)c2ccccc2Br)(c2ccccc2)CC1. The molecule has 5 heteroatoms. The van der Waals surface area contributed by atoms with Crippen molar-refractivity contribution in [2.75, 3.05) is 19.6 Å². The maximum Gasteiger partial charge on any atom is 0.245 e. The first-order valence-corrected chi connectivity index (χ1v) is 11.1. The molecule has 2 amide bonds. The number of nitrogens with zero attached hydrogens (tertiary/aromatic N) is 1. The Morgan fingerprint density at radius 2 is 1.70 bits per heavy atom. The smallest absolute Gasteiger partial charge is 0.245 e. The lowest BCUT2D eigenvalue weighted by Gasteiger charge is -2.41. The number of halogens is 1. The van der Waals surface area contributed by atoms with Crippen LogP contribution in [0.25, 0.3) is 0 Å². The summed E-state index contributed by atoms with van der Waals surface area (Å²) >= 11 is 3.63. The second kappa shape index (κ2) is 9.17. The monoisotopic (exact) mass is 468 g/mol. The molecule has 1 N–H and O–H groups in total. The van der Waals surface area contributed by atoms with E-state index in [2.05, 4.69) is 47.7 Å². The molecule has 1 saturated heterocycles. The Labute approximate surface area is 187 Å². The minimum absolute atomic E-state index is 0.0273. The number of likely N-dealkylation sites (tertiary alicyclic amines) is 1. The summed E-state index contributed by atoms with van der Waals surface area (Å²) in [6, 6.07) is 18.0. The molecule has 0 saturated carbocycles. The predicted octanol–water partition coefficient (Wildman–Crippen LogP) is 4.59. The maximum absolute atomic E-state index is 13.6. The Morgan fingerprint density at radius 1 is 1.10 bits per heavy atom.